The lowest BCUT2D eigenvalue weighted by molar-refractivity contribution is -0.149. The van der Waals surface area contributed by atoms with Crippen LogP contribution in [0.25, 0.3) is 0 Å². The molecule has 0 amide bonds. The predicted octanol–water partition coefficient (Wildman–Crippen LogP) is 1.86. The number of aryl methyl sites for hydroxylation is 1. The van der Waals surface area contributed by atoms with Crippen LogP contribution in [-0.2, 0) is 22.4 Å². The van der Waals surface area contributed by atoms with E-state index in [1.54, 1.807) is 13.0 Å². The highest BCUT2D eigenvalue weighted by Crippen LogP contribution is 2.17. The number of aliphatic carboxylic acids is 1. The average molecular weight is 237 g/mol. The maximum absolute atomic E-state index is 11.0. The van der Waals surface area contributed by atoms with Crippen LogP contribution in [0.15, 0.2) is 18.2 Å². The number of ether oxygens (including phenoxy) is 1. The third-order valence-corrected chi connectivity index (χ3v) is 2.66. The Morgan fingerprint density at radius 3 is 2.65 bits per heavy atom. The number of hydrogen-bond acceptors (Lipinski definition) is 3. The third kappa shape index (κ3) is 3.75. The smallest absolute Gasteiger partial charge is 0.333 e. The molecule has 0 bridgehead atoms. The van der Waals surface area contributed by atoms with Gasteiger partial charge in [0.25, 0.3) is 0 Å². The molecule has 1 aromatic carbocycles. The number of carboxylic acid groups (broad SMARTS) is 1. The molecule has 1 unspecified atom stereocenters. The van der Waals surface area contributed by atoms with Crippen LogP contribution < -0.4 is 5.73 Å². The highest BCUT2D eigenvalue weighted by molar-refractivity contribution is 5.72. The molecule has 0 radical (unpaired) electrons. The van der Waals surface area contributed by atoms with Crippen LogP contribution in [0.5, 0.6) is 0 Å². The van der Waals surface area contributed by atoms with Crippen molar-refractivity contribution in [2.24, 2.45) is 0 Å². The Hall–Kier alpha value is -1.55. The molecular weight excluding hydrogens is 218 g/mol. The largest absolute Gasteiger partial charge is 0.479 e. The van der Waals surface area contributed by atoms with Gasteiger partial charge in [0.05, 0.1) is 0 Å². The number of rotatable bonds is 6. The molecule has 0 saturated carbocycles. The molecule has 1 aromatic rings. The van der Waals surface area contributed by atoms with E-state index in [4.69, 9.17) is 15.6 Å². The standard InChI is InChI=1S/C13H19NO3/c1-3-9-7-11(14)6-5-10(9)8-12(13(15)16)17-4-2/h5-7,12H,3-4,8,14H2,1-2H3,(H,15,16). The lowest BCUT2D eigenvalue weighted by Crippen LogP contribution is -2.26. The van der Waals surface area contributed by atoms with E-state index in [0.29, 0.717) is 18.7 Å². The Morgan fingerprint density at radius 1 is 1.41 bits per heavy atom. The first-order valence-electron chi connectivity index (χ1n) is 5.80. The summed E-state index contributed by atoms with van der Waals surface area (Å²) in [6.45, 7) is 4.21. The predicted molar refractivity (Wildman–Crippen MR) is 67.0 cm³/mol. The lowest BCUT2D eigenvalue weighted by Gasteiger charge is -2.15. The van der Waals surface area contributed by atoms with E-state index < -0.39 is 12.1 Å². The zero-order chi connectivity index (χ0) is 12.8. The number of nitrogen functional groups attached to an aromatic ring is 1. The number of benzene rings is 1. The quantitative estimate of drug-likeness (QED) is 0.741. The third-order valence-electron chi connectivity index (χ3n) is 2.66. The number of anilines is 1. The molecule has 1 rings (SSSR count). The van der Waals surface area contributed by atoms with E-state index in [0.717, 1.165) is 17.5 Å². The number of carbonyl (C=O) groups is 1. The Balaban J connectivity index is 2.88. The summed E-state index contributed by atoms with van der Waals surface area (Å²) in [6.07, 6.45) is 0.430. The van der Waals surface area contributed by atoms with E-state index in [1.807, 2.05) is 19.1 Å². The molecule has 0 fully saturated rings. The fraction of sp³-hybridized carbons (Fsp3) is 0.462. The molecule has 4 nitrogen and oxygen atoms in total. The highest BCUT2D eigenvalue weighted by Gasteiger charge is 2.19. The molecule has 0 heterocycles. The molecule has 0 aliphatic carbocycles. The van der Waals surface area contributed by atoms with E-state index in [1.165, 1.54) is 0 Å². The van der Waals surface area contributed by atoms with Crippen molar-refractivity contribution in [2.75, 3.05) is 12.3 Å². The first-order chi connectivity index (χ1) is 8.08. The molecule has 4 heteroatoms. The van der Waals surface area contributed by atoms with E-state index >= 15 is 0 Å². The normalized spacial score (nSPS) is 12.4. The average Bonchev–Trinajstić information content (AvgIpc) is 2.30. The van der Waals surface area contributed by atoms with Gasteiger partial charge in [-0.15, -0.1) is 0 Å². The second kappa shape index (κ2) is 6.25. The highest BCUT2D eigenvalue weighted by atomic mass is 16.5. The minimum absolute atomic E-state index is 0.382. The van der Waals surface area contributed by atoms with Gasteiger partial charge in [0.15, 0.2) is 6.10 Å². The Kier molecular flexibility index (Phi) is 4.97. The van der Waals surface area contributed by atoms with E-state index in [2.05, 4.69) is 0 Å². The van der Waals surface area contributed by atoms with Gasteiger partial charge < -0.3 is 15.6 Å². The van der Waals surface area contributed by atoms with Gasteiger partial charge in [0.2, 0.25) is 0 Å². The van der Waals surface area contributed by atoms with Gasteiger partial charge in [-0.2, -0.15) is 0 Å². The van der Waals surface area contributed by atoms with Crippen molar-refractivity contribution < 1.29 is 14.6 Å². The zero-order valence-electron chi connectivity index (χ0n) is 10.3. The molecule has 0 aromatic heterocycles. The fourth-order valence-corrected chi connectivity index (χ4v) is 1.79. The summed E-state index contributed by atoms with van der Waals surface area (Å²) in [6, 6.07) is 5.56. The summed E-state index contributed by atoms with van der Waals surface area (Å²) >= 11 is 0. The summed E-state index contributed by atoms with van der Waals surface area (Å²) in [4.78, 5) is 11.0. The topological polar surface area (TPSA) is 72.5 Å². The van der Waals surface area contributed by atoms with Gasteiger partial charge in [-0.3, -0.25) is 0 Å². The van der Waals surface area contributed by atoms with Gasteiger partial charge in [-0.05, 0) is 36.6 Å². The van der Waals surface area contributed by atoms with Gasteiger partial charge in [-0.1, -0.05) is 13.0 Å². The Labute approximate surface area is 101 Å². The van der Waals surface area contributed by atoms with E-state index in [-0.39, 0.29) is 0 Å². The Morgan fingerprint density at radius 2 is 2.12 bits per heavy atom. The first-order valence-corrected chi connectivity index (χ1v) is 5.80. The van der Waals surface area contributed by atoms with Crippen molar-refractivity contribution >= 4 is 11.7 Å². The summed E-state index contributed by atoms with van der Waals surface area (Å²) in [5.74, 6) is -0.925. The van der Waals surface area contributed by atoms with E-state index in [9.17, 15) is 4.79 Å². The van der Waals surface area contributed by atoms with Crippen molar-refractivity contribution in [2.45, 2.75) is 32.8 Å². The van der Waals surface area contributed by atoms with Crippen LogP contribution in [0, 0.1) is 0 Å². The fourth-order valence-electron chi connectivity index (χ4n) is 1.79. The molecule has 94 valence electrons. The number of carboxylic acids is 1. The summed E-state index contributed by atoms with van der Waals surface area (Å²) in [5.41, 5.74) is 8.48. The van der Waals surface area contributed by atoms with Crippen molar-refractivity contribution in [3.63, 3.8) is 0 Å². The van der Waals surface area contributed by atoms with Crippen LogP contribution in [0.4, 0.5) is 5.69 Å². The SMILES string of the molecule is CCOC(Cc1ccc(N)cc1CC)C(=O)O. The molecule has 17 heavy (non-hydrogen) atoms. The zero-order valence-corrected chi connectivity index (χ0v) is 10.3. The van der Waals surface area contributed by atoms with Gasteiger partial charge >= 0.3 is 5.97 Å². The summed E-state index contributed by atoms with van der Waals surface area (Å²) in [7, 11) is 0. The number of nitrogens with two attached hydrogens (primary N) is 1. The summed E-state index contributed by atoms with van der Waals surface area (Å²) < 4.78 is 5.21. The van der Waals surface area contributed by atoms with Crippen molar-refractivity contribution in [3.8, 4) is 0 Å². The number of hydrogen-bond donors (Lipinski definition) is 2. The van der Waals surface area contributed by atoms with Crippen LogP contribution >= 0.6 is 0 Å². The lowest BCUT2D eigenvalue weighted by atomic mass is 9.99. The maximum atomic E-state index is 11.0. The molecular formula is C13H19NO3. The van der Waals surface area contributed by atoms with Crippen molar-refractivity contribution in [3.05, 3.63) is 29.3 Å². The van der Waals surface area contributed by atoms with Crippen LogP contribution in [0.3, 0.4) is 0 Å². The molecule has 1 atom stereocenters. The molecule has 0 aliphatic heterocycles. The van der Waals surface area contributed by atoms with Crippen LogP contribution in [0.2, 0.25) is 0 Å². The van der Waals surface area contributed by atoms with Crippen molar-refractivity contribution in [1.29, 1.82) is 0 Å². The molecule has 3 N–H and O–H groups in total. The maximum Gasteiger partial charge on any atom is 0.333 e. The molecule has 0 spiro atoms. The van der Waals surface area contributed by atoms with Gasteiger partial charge in [0, 0.05) is 18.7 Å². The minimum Gasteiger partial charge on any atom is -0.479 e. The van der Waals surface area contributed by atoms with Crippen LogP contribution in [0.1, 0.15) is 25.0 Å². The van der Waals surface area contributed by atoms with Gasteiger partial charge in [-0.25, -0.2) is 4.79 Å². The second-order valence-electron chi connectivity index (χ2n) is 3.87. The molecule has 0 aliphatic rings. The Bertz CT molecular complexity index is 390. The second-order valence-corrected chi connectivity index (χ2v) is 3.87. The van der Waals surface area contributed by atoms with Crippen LogP contribution in [-0.4, -0.2) is 23.8 Å². The van der Waals surface area contributed by atoms with Gasteiger partial charge in [0.1, 0.15) is 0 Å². The van der Waals surface area contributed by atoms with Crippen molar-refractivity contribution in [1.82, 2.24) is 0 Å². The molecule has 0 saturated heterocycles. The minimum atomic E-state index is -0.925. The summed E-state index contributed by atoms with van der Waals surface area (Å²) in [5, 5.41) is 9.03. The monoisotopic (exact) mass is 237 g/mol. The first kappa shape index (κ1) is 13.5.